The number of hydrazone groups is 1. The molecule has 1 amide bonds. The molecule has 0 bridgehead atoms. The monoisotopic (exact) mass is 559 g/mol. The van der Waals surface area contributed by atoms with Crippen LogP contribution < -0.4 is 20.6 Å². The van der Waals surface area contributed by atoms with Crippen LogP contribution in [-0.2, 0) is 13.2 Å². The van der Waals surface area contributed by atoms with Crippen molar-refractivity contribution in [2.24, 2.45) is 5.10 Å². The number of hydrogen-bond donors (Lipinski definition) is 2. The number of likely N-dealkylation sites (tertiary alicyclic amines) is 1. The molecule has 4 aromatic rings. The lowest BCUT2D eigenvalue weighted by molar-refractivity contribution is 0.0944. The van der Waals surface area contributed by atoms with E-state index in [0.29, 0.717) is 36.1 Å². The largest absolute Gasteiger partial charge is 0.493 e. The lowest BCUT2D eigenvalue weighted by Gasteiger charge is -2.25. The van der Waals surface area contributed by atoms with E-state index in [0.717, 1.165) is 37.1 Å². The summed E-state index contributed by atoms with van der Waals surface area (Å²) in [4.78, 5) is 15.7. The zero-order valence-corrected chi connectivity index (χ0v) is 23.3. The van der Waals surface area contributed by atoms with Crippen molar-refractivity contribution >= 4 is 17.4 Å². The van der Waals surface area contributed by atoms with Crippen LogP contribution in [0.15, 0.2) is 52.2 Å². The van der Waals surface area contributed by atoms with Gasteiger partial charge in [-0.2, -0.15) is 9.78 Å². The third kappa shape index (κ3) is 6.52. The molecule has 3 heterocycles. The highest BCUT2D eigenvalue weighted by molar-refractivity contribution is 6.01. The summed E-state index contributed by atoms with van der Waals surface area (Å²) in [7, 11) is 1.58. The zero-order chi connectivity index (χ0) is 28.8. The topological polar surface area (TPSA) is 159 Å². The molecule has 2 aromatic carbocycles. The van der Waals surface area contributed by atoms with Crippen molar-refractivity contribution < 1.29 is 18.9 Å². The Labute approximate surface area is 237 Å². The van der Waals surface area contributed by atoms with Gasteiger partial charge in [-0.15, -0.1) is 5.10 Å². The molecule has 0 atom stereocenters. The first kappa shape index (κ1) is 27.8. The maximum absolute atomic E-state index is 13.4. The van der Waals surface area contributed by atoms with E-state index in [1.165, 1.54) is 16.7 Å². The SMILES string of the molecule is COc1cc(/C(C)=N/NC(=O)c2c(CN3CCCCC3)nnn2-c2nonc2N)ccc1OCc1ccc(C)cc1. The molecule has 2 aromatic heterocycles. The van der Waals surface area contributed by atoms with Gasteiger partial charge in [0.15, 0.2) is 17.2 Å². The number of carbonyl (C=O) groups excluding carboxylic acids is 1. The van der Waals surface area contributed by atoms with Crippen LogP contribution in [-0.4, -0.2) is 62.0 Å². The summed E-state index contributed by atoms with van der Waals surface area (Å²) in [6.07, 6.45) is 3.38. The van der Waals surface area contributed by atoms with Crippen molar-refractivity contribution in [1.29, 1.82) is 0 Å². The number of anilines is 1. The first-order chi connectivity index (χ1) is 19.9. The van der Waals surface area contributed by atoms with E-state index in [2.05, 4.69) is 36.1 Å². The van der Waals surface area contributed by atoms with Crippen LogP contribution in [0.2, 0.25) is 0 Å². The maximum Gasteiger partial charge on any atom is 0.292 e. The fourth-order valence-corrected chi connectivity index (χ4v) is 4.57. The van der Waals surface area contributed by atoms with Crippen molar-refractivity contribution in [2.45, 2.75) is 46.3 Å². The number of piperidine rings is 1. The molecule has 1 saturated heterocycles. The number of nitrogen functional groups attached to an aromatic ring is 1. The van der Waals surface area contributed by atoms with Gasteiger partial charge in [0, 0.05) is 12.1 Å². The number of nitrogens with two attached hydrogens (primary N) is 1. The Balaban J connectivity index is 1.33. The number of ether oxygens (including phenoxy) is 2. The standard InChI is InChI=1S/C28H33N9O4/c1-18-7-9-20(10-8-18)17-40-23-12-11-21(15-24(23)39-3)19(2)30-32-28(38)25-22(16-36-13-5-4-6-14-36)31-35-37(25)27-26(29)33-41-34-27/h7-12,15H,4-6,13-14,16-17H2,1-3H3,(H2,29,33)(H,32,38)/b30-19+. The number of methoxy groups -OCH3 is 1. The molecule has 5 rings (SSSR count). The van der Waals surface area contributed by atoms with Gasteiger partial charge in [0.2, 0.25) is 11.6 Å². The Kier molecular flexibility index (Phi) is 8.53. The van der Waals surface area contributed by atoms with Gasteiger partial charge in [-0.3, -0.25) is 9.69 Å². The first-order valence-corrected chi connectivity index (χ1v) is 13.4. The Morgan fingerprint density at radius 2 is 1.88 bits per heavy atom. The number of aromatic nitrogens is 5. The maximum atomic E-state index is 13.4. The third-order valence-electron chi connectivity index (χ3n) is 6.89. The number of amides is 1. The zero-order valence-electron chi connectivity index (χ0n) is 23.3. The Bertz CT molecular complexity index is 1520. The van der Waals surface area contributed by atoms with Crippen LogP contribution in [0.5, 0.6) is 11.5 Å². The number of nitrogens with zero attached hydrogens (tertiary/aromatic N) is 7. The quantitative estimate of drug-likeness (QED) is 0.218. The molecule has 0 spiro atoms. The number of hydrogen-bond acceptors (Lipinski definition) is 11. The van der Waals surface area contributed by atoms with E-state index >= 15 is 0 Å². The highest BCUT2D eigenvalue weighted by Crippen LogP contribution is 2.29. The molecule has 0 saturated carbocycles. The van der Waals surface area contributed by atoms with Gasteiger partial charge in [-0.1, -0.05) is 41.5 Å². The molecule has 214 valence electrons. The number of rotatable bonds is 10. The number of benzene rings is 2. The average molecular weight is 560 g/mol. The Morgan fingerprint density at radius 1 is 1.10 bits per heavy atom. The molecule has 41 heavy (non-hydrogen) atoms. The van der Waals surface area contributed by atoms with Crippen LogP contribution in [0, 0.1) is 6.92 Å². The molecular formula is C28H33N9O4. The molecule has 13 heteroatoms. The summed E-state index contributed by atoms with van der Waals surface area (Å²) in [6.45, 7) is 6.54. The highest BCUT2D eigenvalue weighted by Gasteiger charge is 2.26. The minimum Gasteiger partial charge on any atom is -0.493 e. The van der Waals surface area contributed by atoms with Crippen LogP contribution in [0.25, 0.3) is 5.82 Å². The van der Waals surface area contributed by atoms with Gasteiger partial charge in [0.1, 0.15) is 12.3 Å². The van der Waals surface area contributed by atoms with Crippen molar-refractivity contribution in [3.63, 3.8) is 0 Å². The van der Waals surface area contributed by atoms with Crippen molar-refractivity contribution in [2.75, 3.05) is 25.9 Å². The van der Waals surface area contributed by atoms with E-state index < -0.39 is 5.91 Å². The Hall–Kier alpha value is -4.78. The first-order valence-electron chi connectivity index (χ1n) is 13.4. The van der Waals surface area contributed by atoms with Gasteiger partial charge in [-0.25, -0.2) is 10.1 Å². The second-order valence-electron chi connectivity index (χ2n) is 9.88. The van der Waals surface area contributed by atoms with E-state index in [-0.39, 0.29) is 17.3 Å². The molecule has 1 fully saturated rings. The lowest BCUT2D eigenvalue weighted by Crippen LogP contribution is -2.31. The van der Waals surface area contributed by atoms with E-state index in [1.807, 2.05) is 49.4 Å². The molecule has 3 N–H and O–H groups in total. The Morgan fingerprint density at radius 3 is 2.59 bits per heavy atom. The fourth-order valence-electron chi connectivity index (χ4n) is 4.57. The summed E-state index contributed by atoms with van der Waals surface area (Å²) in [5.41, 5.74) is 12.7. The summed E-state index contributed by atoms with van der Waals surface area (Å²) in [5.74, 6) is 0.707. The molecule has 0 unspecified atom stereocenters. The highest BCUT2D eigenvalue weighted by atomic mass is 16.6. The minimum atomic E-state index is -0.520. The summed E-state index contributed by atoms with van der Waals surface area (Å²) < 4.78 is 17.5. The number of nitrogens with one attached hydrogen (secondary N) is 1. The second kappa shape index (κ2) is 12.6. The lowest BCUT2D eigenvalue weighted by atomic mass is 10.1. The van der Waals surface area contributed by atoms with E-state index in [9.17, 15) is 4.79 Å². The summed E-state index contributed by atoms with van der Waals surface area (Å²) in [5, 5.41) is 20.1. The van der Waals surface area contributed by atoms with E-state index in [1.54, 1.807) is 14.0 Å². The minimum absolute atomic E-state index is 0.00932. The number of carbonyl (C=O) groups is 1. The molecule has 0 radical (unpaired) electrons. The third-order valence-corrected chi connectivity index (χ3v) is 6.89. The van der Waals surface area contributed by atoms with Crippen molar-refractivity contribution in [3.05, 3.63) is 70.5 Å². The molecule has 1 aliphatic heterocycles. The molecule has 13 nitrogen and oxygen atoms in total. The normalized spacial score (nSPS) is 14.2. The van der Waals surface area contributed by atoms with Crippen LogP contribution in [0.3, 0.4) is 0 Å². The summed E-state index contributed by atoms with van der Waals surface area (Å²) in [6, 6.07) is 13.6. The second-order valence-corrected chi connectivity index (χ2v) is 9.88. The van der Waals surface area contributed by atoms with Crippen LogP contribution >= 0.6 is 0 Å². The van der Waals surface area contributed by atoms with Gasteiger partial charge in [-0.05, 0) is 73.9 Å². The summed E-state index contributed by atoms with van der Waals surface area (Å²) >= 11 is 0. The number of aryl methyl sites for hydroxylation is 1. The molecule has 0 aliphatic carbocycles. The van der Waals surface area contributed by atoms with Gasteiger partial charge >= 0.3 is 0 Å². The fraction of sp³-hybridized carbons (Fsp3) is 0.357. The van der Waals surface area contributed by atoms with Crippen LogP contribution in [0.4, 0.5) is 5.82 Å². The average Bonchev–Trinajstić information content (AvgIpc) is 3.61. The van der Waals surface area contributed by atoms with Crippen molar-refractivity contribution in [1.82, 2.24) is 35.6 Å². The predicted octanol–water partition coefficient (Wildman–Crippen LogP) is 3.27. The van der Waals surface area contributed by atoms with E-state index in [4.69, 9.17) is 19.8 Å². The van der Waals surface area contributed by atoms with Crippen LogP contribution in [0.1, 0.15) is 59.1 Å². The van der Waals surface area contributed by atoms with Gasteiger partial charge in [0.25, 0.3) is 5.91 Å². The van der Waals surface area contributed by atoms with Gasteiger partial charge < -0.3 is 15.2 Å². The smallest absolute Gasteiger partial charge is 0.292 e. The molecular weight excluding hydrogens is 526 g/mol. The molecule has 1 aliphatic rings. The predicted molar refractivity (Wildman–Crippen MR) is 151 cm³/mol. The van der Waals surface area contributed by atoms with Crippen molar-refractivity contribution in [3.8, 4) is 17.3 Å². The van der Waals surface area contributed by atoms with Gasteiger partial charge in [0.05, 0.1) is 12.8 Å².